The Kier molecular flexibility index (Phi) is 8.17. The fraction of sp³-hybridized carbons (Fsp3) is 0.296. The number of benzene rings is 3. The standard InChI is InChI=1S/C27H31N3O4S/c1-34-24-12-14-25(15-13-24)35(32,33)30-23-16-22(17-28-18-23)27(31)29-19-26(20-8-4-2-5-9-20)21-10-6-3-7-11-21/h2-15,22-23,26,28,30H,16-19H2,1H3,(H,29,31). The Morgan fingerprint density at radius 1 is 0.943 bits per heavy atom. The normalized spacial score (nSPS) is 18.2. The quantitative estimate of drug-likeness (QED) is 0.426. The molecule has 35 heavy (non-hydrogen) atoms. The minimum Gasteiger partial charge on any atom is -0.497 e. The topological polar surface area (TPSA) is 96.5 Å². The van der Waals surface area contributed by atoms with Gasteiger partial charge in [-0.1, -0.05) is 60.7 Å². The Hall–Kier alpha value is -3.20. The van der Waals surface area contributed by atoms with Gasteiger partial charge in [0.2, 0.25) is 15.9 Å². The molecule has 3 aromatic rings. The lowest BCUT2D eigenvalue weighted by Gasteiger charge is -2.30. The van der Waals surface area contributed by atoms with Crippen LogP contribution in [0.15, 0.2) is 89.8 Å². The third-order valence-corrected chi connectivity index (χ3v) is 7.83. The van der Waals surface area contributed by atoms with E-state index in [0.717, 1.165) is 11.1 Å². The molecule has 1 heterocycles. The van der Waals surface area contributed by atoms with Crippen LogP contribution < -0.4 is 20.1 Å². The molecular weight excluding hydrogens is 462 g/mol. The number of carbonyl (C=O) groups is 1. The summed E-state index contributed by atoms with van der Waals surface area (Å²) in [5.74, 6) is 0.203. The van der Waals surface area contributed by atoms with Gasteiger partial charge in [0.15, 0.2) is 0 Å². The van der Waals surface area contributed by atoms with Gasteiger partial charge in [0.05, 0.1) is 17.9 Å². The Bertz CT molecular complexity index is 1160. The van der Waals surface area contributed by atoms with Crippen molar-refractivity contribution in [1.82, 2.24) is 15.4 Å². The average molecular weight is 494 g/mol. The van der Waals surface area contributed by atoms with Gasteiger partial charge < -0.3 is 15.4 Å². The monoisotopic (exact) mass is 493 g/mol. The molecule has 4 rings (SSSR count). The highest BCUT2D eigenvalue weighted by atomic mass is 32.2. The number of sulfonamides is 1. The van der Waals surface area contributed by atoms with Gasteiger partial charge in [0.1, 0.15) is 5.75 Å². The van der Waals surface area contributed by atoms with Crippen LogP contribution in [0.4, 0.5) is 0 Å². The fourth-order valence-electron chi connectivity index (χ4n) is 4.42. The molecule has 0 spiro atoms. The number of nitrogens with one attached hydrogen (secondary N) is 3. The van der Waals surface area contributed by atoms with Gasteiger partial charge in [0.25, 0.3) is 0 Å². The number of hydrogen-bond donors (Lipinski definition) is 3. The van der Waals surface area contributed by atoms with E-state index in [1.807, 2.05) is 36.4 Å². The van der Waals surface area contributed by atoms with Crippen LogP contribution in [0.25, 0.3) is 0 Å². The summed E-state index contributed by atoms with van der Waals surface area (Å²) < 4.78 is 33.5. The van der Waals surface area contributed by atoms with Crippen molar-refractivity contribution in [3.05, 3.63) is 96.1 Å². The van der Waals surface area contributed by atoms with Crippen molar-refractivity contribution in [2.24, 2.45) is 5.92 Å². The summed E-state index contributed by atoms with van der Waals surface area (Å²) in [6.07, 6.45) is 0.426. The van der Waals surface area contributed by atoms with Crippen LogP contribution in [0.3, 0.4) is 0 Å². The van der Waals surface area contributed by atoms with E-state index in [0.29, 0.717) is 31.8 Å². The highest BCUT2D eigenvalue weighted by Crippen LogP contribution is 2.24. The van der Waals surface area contributed by atoms with Crippen LogP contribution in [0, 0.1) is 5.92 Å². The van der Waals surface area contributed by atoms with E-state index in [-0.39, 0.29) is 28.7 Å². The lowest BCUT2D eigenvalue weighted by atomic mass is 9.90. The number of hydrogen-bond acceptors (Lipinski definition) is 5. The fourth-order valence-corrected chi connectivity index (χ4v) is 5.67. The molecule has 0 aromatic heterocycles. The Morgan fingerprint density at radius 2 is 1.54 bits per heavy atom. The van der Waals surface area contributed by atoms with E-state index in [1.165, 1.54) is 19.2 Å². The van der Waals surface area contributed by atoms with E-state index in [9.17, 15) is 13.2 Å². The molecule has 7 nitrogen and oxygen atoms in total. The lowest BCUT2D eigenvalue weighted by Crippen LogP contribution is -2.52. The number of piperidine rings is 1. The van der Waals surface area contributed by atoms with Crippen molar-refractivity contribution in [2.45, 2.75) is 23.3 Å². The van der Waals surface area contributed by atoms with E-state index < -0.39 is 10.0 Å². The maximum atomic E-state index is 13.1. The molecule has 8 heteroatoms. The third-order valence-electron chi connectivity index (χ3n) is 6.30. The first-order valence-electron chi connectivity index (χ1n) is 11.7. The van der Waals surface area contributed by atoms with Crippen LogP contribution in [0.2, 0.25) is 0 Å². The van der Waals surface area contributed by atoms with Crippen molar-refractivity contribution in [2.75, 3.05) is 26.7 Å². The highest BCUT2D eigenvalue weighted by Gasteiger charge is 2.30. The van der Waals surface area contributed by atoms with E-state index in [4.69, 9.17) is 4.74 Å². The number of ether oxygens (including phenoxy) is 1. The van der Waals surface area contributed by atoms with Crippen LogP contribution >= 0.6 is 0 Å². The second-order valence-corrected chi connectivity index (χ2v) is 10.4. The zero-order valence-corrected chi connectivity index (χ0v) is 20.5. The molecule has 0 bridgehead atoms. The predicted octanol–water partition coefficient (Wildman–Crippen LogP) is 2.90. The van der Waals surface area contributed by atoms with Gasteiger partial charge in [-0.2, -0.15) is 0 Å². The number of carbonyl (C=O) groups excluding carboxylic acids is 1. The molecule has 3 aromatic carbocycles. The molecule has 1 aliphatic heterocycles. The molecule has 3 N–H and O–H groups in total. The van der Waals surface area contributed by atoms with Gasteiger partial charge in [-0.05, 0) is 41.8 Å². The molecule has 2 atom stereocenters. The summed E-state index contributed by atoms with van der Waals surface area (Å²) in [5, 5.41) is 6.31. The molecule has 1 saturated heterocycles. The van der Waals surface area contributed by atoms with Gasteiger partial charge >= 0.3 is 0 Å². The van der Waals surface area contributed by atoms with Crippen molar-refractivity contribution >= 4 is 15.9 Å². The number of rotatable bonds is 9. The minimum absolute atomic E-state index is 0.0299. The van der Waals surface area contributed by atoms with Crippen LogP contribution in [0.1, 0.15) is 23.5 Å². The largest absolute Gasteiger partial charge is 0.497 e. The molecule has 0 radical (unpaired) electrons. The summed E-state index contributed by atoms with van der Waals surface area (Å²) in [7, 11) is -2.18. The molecule has 0 aliphatic carbocycles. The van der Waals surface area contributed by atoms with Gasteiger partial charge in [-0.3, -0.25) is 4.79 Å². The first-order chi connectivity index (χ1) is 17.0. The van der Waals surface area contributed by atoms with Gasteiger partial charge in [-0.25, -0.2) is 13.1 Å². The Balaban J connectivity index is 1.38. The molecule has 1 aliphatic rings. The maximum Gasteiger partial charge on any atom is 0.240 e. The first-order valence-corrected chi connectivity index (χ1v) is 13.2. The van der Waals surface area contributed by atoms with E-state index >= 15 is 0 Å². The Morgan fingerprint density at radius 3 is 2.11 bits per heavy atom. The van der Waals surface area contributed by atoms with Crippen molar-refractivity contribution in [1.29, 1.82) is 0 Å². The zero-order chi connectivity index (χ0) is 24.7. The summed E-state index contributed by atoms with van der Waals surface area (Å²) in [6, 6.07) is 26.1. The second-order valence-electron chi connectivity index (χ2n) is 8.70. The highest BCUT2D eigenvalue weighted by molar-refractivity contribution is 7.89. The third kappa shape index (κ3) is 6.48. The molecular formula is C27H31N3O4S. The predicted molar refractivity (Wildman–Crippen MR) is 136 cm³/mol. The number of amides is 1. The van der Waals surface area contributed by atoms with Crippen molar-refractivity contribution < 1.29 is 17.9 Å². The maximum absolute atomic E-state index is 13.1. The second kappa shape index (κ2) is 11.5. The van der Waals surface area contributed by atoms with E-state index in [1.54, 1.807) is 12.1 Å². The van der Waals surface area contributed by atoms with E-state index in [2.05, 4.69) is 39.6 Å². The van der Waals surface area contributed by atoms with Crippen LogP contribution in [0.5, 0.6) is 5.75 Å². The zero-order valence-electron chi connectivity index (χ0n) is 19.7. The Labute approximate surface area is 207 Å². The molecule has 1 amide bonds. The minimum atomic E-state index is -3.71. The summed E-state index contributed by atoms with van der Waals surface area (Å²) in [4.78, 5) is 13.2. The lowest BCUT2D eigenvalue weighted by molar-refractivity contribution is -0.125. The van der Waals surface area contributed by atoms with Crippen LogP contribution in [-0.4, -0.2) is 47.1 Å². The van der Waals surface area contributed by atoms with Crippen molar-refractivity contribution in [3.8, 4) is 5.75 Å². The summed E-state index contributed by atoms with van der Waals surface area (Å²) >= 11 is 0. The average Bonchev–Trinajstić information content (AvgIpc) is 2.90. The molecule has 0 saturated carbocycles. The van der Waals surface area contributed by atoms with Gasteiger partial charge in [0, 0.05) is 31.6 Å². The first kappa shape index (κ1) is 24.9. The van der Waals surface area contributed by atoms with Crippen molar-refractivity contribution in [3.63, 3.8) is 0 Å². The smallest absolute Gasteiger partial charge is 0.240 e. The SMILES string of the molecule is COc1ccc(S(=O)(=O)NC2CNCC(C(=O)NCC(c3ccccc3)c3ccccc3)C2)cc1. The summed E-state index contributed by atoms with van der Waals surface area (Å²) in [5.41, 5.74) is 2.26. The van der Waals surface area contributed by atoms with Gasteiger partial charge in [-0.15, -0.1) is 0 Å². The molecule has 1 fully saturated rings. The summed E-state index contributed by atoms with van der Waals surface area (Å²) in [6.45, 7) is 1.44. The number of methoxy groups -OCH3 is 1. The molecule has 184 valence electrons. The van der Waals surface area contributed by atoms with Crippen LogP contribution in [-0.2, 0) is 14.8 Å². The molecule has 2 unspecified atom stereocenters.